The van der Waals surface area contributed by atoms with Crippen LogP contribution in [0.1, 0.15) is 63.1 Å². The Morgan fingerprint density at radius 3 is 2.43 bits per heavy atom. The van der Waals surface area contributed by atoms with E-state index in [1.54, 1.807) is 27.9 Å². The third-order valence-electron chi connectivity index (χ3n) is 10.6. The second kappa shape index (κ2) is 18.7. The highest BCUT2D eigenvalue weighted by molar-refractivity contribution is 7.89. The van der Waals surface area contributed by atoms with Crippen LogP contribution in [0.15, 0.2) is 53.8 Å². The number of sulfonamides is 1. The van der Waals surface area contributed by atoms with Gasteiger partial charge < -0.3 is 31.0 Å². The summed E-state index contributed by atoms with van der Waals surface area (Å²) in [6, 6.07) is 7.76. The number of carbonyl (C=O) groups excluding carboxylic acids is 3. The van der Waals surface area contributed by atoms with E-state index in [9.17, 15) is 22.8 Å². The number of hydrogen-bond donors (Lipinski definition) is 4. The van der Waals surface area contributed by atoms with Crippen molar-refractivity contribution in [3.8, 4) is 5.75 Å². The van der Waals surface area contributed by atoms with Gasteiger partial charge in [-0.1, -0.05) is 12.1 Å². The lowest BCUT2D eigenvalue weighted by molar-refractivity contribution is -0.134. The van der Waals surface area contributed by atoms with Crippen LogP contribution in [0.2, 0.25) is 0 Å². The van der Waals surface area contributed by atoms with Gasteiger partial charge >= 0.3 is 6.03 Å². The molecule has 2 aliphatic rings. The normalized spacial score (nSPS) is 16.9. The lowest BCUT2D eigenvalue weighted by Gasteiger charge is -2.35. The molecule has 61 heavy (non-hydrogen) atoms. The van der Waals surface area contributed by atoms with Gasteiger partial charge in [-0.2, -0.15) is 9.50 Å². The van der Waals surface area contributed by atoms with Gasteiger partial charge in [-0.15, -0.1) is 5.10 Å². The van der Waals surface area contributed by atoms with Crippen molar-refractivity contribution in [3.63, 3.8) is 0 Å². The number of aromatic nitrogens is 4. The maximum absolute atomic E-state index is 15.5. The highest BCUT2D eigenvalue weighted by Crippen LogP contribution is 2.33. The highest BCUT2D eigenvalue weighted by Gasteiger charge is 2.36. The topological polar surface area (TPSA) is 225 Å². The van der Waals surface area contributed by atoms with Gasteiger partial charge in [-0.3, -0.25) is 19.8 Å². The summed E-state index contributed by atoms with van der Waals surface area (Å²) >= 11 is 0. The van der Waals surface area contributed by atoms with Crippen LogP contribution in [-0.4, -0.2) is 126 Å². The zero-order valence-electron chi connectivity index (χ0n) is 34.6. The number of halogens is 2. The van der Waals surface area contributed by atoms with Crippen molar-refractivity contribution in [3.05, 3.63) is 71.8 Å². The van der Waals surface area contributed by atoms with Crippen LogP contribution in [0.25, 0.3) is 11.2 Å². The second-order valence-electron chi connectivity index (χ2n) is 15.3. The van der Waals surface area contributed by atoms with Crippen molar-refractivity contribution >= 4 is 62.6 Å². The molecule has 21 heteroatoms. The SMILES string of the molecule is CC(C)Oc1c(/C(C=N)=C/N)ncn2nc(Nc3cc(F)c(S(=O)(=O)N(C)CCCN4CCC(c5ccc(N(C(=O)N(C)C)C6CCC(=O)NC6=O)cc5)CC4)cc3F)nc12. The summed E-state index contributed by atoms with van der Waals surface area (Å²) in [5, 5.41) is 16.8. The average Bonchev–Trinajstić information content (AvgIpc) is 3.64. The van der Waals surface area contributed by atoms with Crippen LogP contribution in [0.3, 0.4) is 0 Å². The summed E-state index contributed by atoms with van der Waals surface area (Å²) in [5.74, 6) is -2.81. The minimum atomic E-state index is -4.40. The zero-order valence-corrected chi connectivity index (χ0v) is 35.4. The number of amides is 4. The van der Waals surface area contributed by atoms with Crippen LogP contribution >= 0.6 is 0 Å². The standard InChI is InChI=1S/C40H50F2N12O6S/c1-24(2)60-36-35(27(21-43)22-44)45-23-53-37(36)48-39(49-53)46-31-19-30(42)33(20-29(31)41)61(58,59)51(5)15-6-16-52-17-13-26(14-18-52)25-7-9-28(10-8-25)54(40(57)50(3)4)32-11-12-34(55)47-38(32)56/h7-10,19-24,26,32,43H,6,11-18,44H2,1-5H3,(H,46,49)(H,47,55,56)/b27-22+,43-21?. The molecule has 4 amide bonds. The average molecular weight is 865 g/mol. The minimum absolute atomic E-state index is 0.0706. The van der Waals surface area contributed by atoms with E-state index < -0.39 is 44.2 Å². The van der Waals surface area contributed by atoms with E-state index in [1.807, 2.05) is 24.3 Å². The van der Waals surface area contributed by atoms with E-state index in [0.29, 0.717) is 24.7 Å². The lowest BCUT2D eigenvalue weighted by Crippen LogP contribution is -2.56. The molecule has 0 saturated carbocycles. The number of carbonyl (C=O) groups is 3. The molecule has 2 aliphatic heterocycles. The molecule has 2 saturated heterocycles. The Balaban J connectivity index is 1.04. The van der Waals surface area contributed by atoms with Gasteiger partial charge in [0.1, 0.15) is 34.6 Å². The fraction of sp³-hybridized carbons (Fsp3) is 0.425. The van der Waals surface area contributed by atoms with Gasteiger partial charge in [-0.05, 0) is 88.8 Å². The molecular formula is C40H50F2N12O6S. The van der Waals surface area contributed by atoms with Gasteiger partial charge in [0.2, 0.25) is 33.4 Å². The number of ether oxygens (including phenoxy) is 1. The summed E-state index contributed by atoms with van der Waals surface area (Å²) in [6.45, 7) is 5.75. The summed E-state index contributed by atoms with van der Waals surface area (Å²) in [4.78, 5) is 50.4. The quantitative estimate of drug-likeness (QED) is 0.0981. The first-order valence-electron chi connectivity index (χ1n) is 19.8. The molecule has 6 rings (SSSR count). The van der Waals surface area contributed by atoms with E-state index in [4.69, 9.17) is 15.9 Å². The Morgan fingerprint density at radius 1 is 1.10 bits per heavy atom. The predicted molar refractivity (Wildman–Crippen MR) is 224 cm³/mol. The molecule has 4 heterocycles. The maximum Gasteiger partial charge on any atom is 0.324 e. The molecule has 0 bridgehead atoms. The molecule has 326 valence electrons. The van der Waals surface area contributed by atoms with Crippen LogP contribution in [0.4, 0.5) is 30.9 Å². The smallest absolute Gasteiger partial charge is 0.324 e. The zero-order chi connectivity index (χ0) is 44.2. The Labute approximate surface area is 352 Å². The number of nitrogens with zero attached hydrogens (tertiary/aromatic N) is 8. The number of nitrogens with one attached hydrogen (secondary N) is 3. The number of anilines is 3. The summed E-state index contributed by atoms with van der Waals surface area (Å²) in [5.41, 5.74) is 7.57. The summed E-state index contributed by atoms with van der Waals surface area (Å²) in [6.07, 6.45) is 5.69. The van der Waals surface area contributed by atoms with Gasteiger partial charge in [0.15, 0.2) is 5.75 Å². The molecule has 2 aromatic carbocycles. The first-order valence-corrected chi connectivity index (χ1v) is 21.2. The third kappa shape index (κ3) is 9.79. The van der Waals surface area contributed by atoms with E-state index >= 15 is 8.78 Å². The van der Waals surface area contributed by atoms with Crippen molar-refractivity contribution in [2.45, 2.75) is 68.9 Å². The number of allylic oxidation sites excluding steroid dienone is 1. The Bertz CT molecular complexity index is 2440. The second-order valence-corrected chi connectivity index (χ2v) is 17.4. The van der Waals surface area contributed by atoms with Gasteiger partial charge in [0.05, 0.1) is 11.8 Å². The number of hydrogen-bond acceptors (Lipinski definition) is 13. The Kier molecular flexibility index (Phi) is 13.6. The molecule has 18 nitrogen and oxygen atoms in total. The minimum Gasteiger partial charge on any atom is -0.485 e. The van der Waals surface area contributed by atoms with Crippen LogP contribution in [0, 0.1) is 17.0 Å². The number of urea groups is 1. The fourth-order valence-corrected chi connectivity index (χ4v) is 8.61. The van der Waals surface area contributed by atoms with Gasteiger partial charge in [0, 0.05) is 63.9 Å². The van der Waals surface area contributed by atoms with E-state index in [0.717, 1.165) is 48.1 Å². The van der Waals surface area contributed by atoms with Gasteiger partial charge in [-0.25, -0.2) is 31.3 Å². The Morgan fingerprint density at radius 2 is 1.80 bits per heavy atom. The van der Waals surface area contributed by atoms with Crippen LogP contribution < -0.4 is 26.0 Å². The highest BCUT2D eigenvalue weighted by atomic mass is 32.2. The number of rotatable bonds is 15. The van der Waals surface area contributed by atoms with Crippen LogP contribution in [0.5, 0.6) is 5.75 Å². The lowest BCUT2D eigenvalue weighted by atomic mass is 9.89. The van der Waals surface area contributed by atoms with Gasteiger partial charge in [0.25, 0.3) is 0 Å². The molecule has 2 fully saturated rings. The molecule has 5 N–H and O–H groups in total. The van der Waals surface area contributed by atoms with Crippen LogP contribution in [-0.2, 0) is 19.6 Å². The molecule has 1 atom stereocenters. The number of benzene rings is 2. The molecule has 0 radical (unpaired) electrons. The number of nitrogens with two attached hydrogens (primary N) is 1. The number of piperidine rings is 2. The van der Waals surface area contributed by atoms with E-state index in [1.165, 1.54) is 33.9 Å². The molecule has 1 unspecified atom stereocenters. The van der Waals surface area contributed by atoms with Crippen molar-refractivity contribution in [2.75, 3.05) is 57.5 Å². The summed E-state index contributed by atoms with van der Waals surface area (Å²) in [7, 11) is 0.133. The molecule has 0 aliphatic carbocycles. The molecular weight excluding hydrogens is 815 g/mol. The largest absolute Gasteiger partial charge is 0.485 e. The molecule has 4 aromatic rings. The molecule has 2 aromatic heterocycles. The monoisotopic (exact) mass is 864 g/mol. The third-order valence-corrected chi connectivity index (χ3v) is 12.4. The molecule has 0 spiro atoms. The number of fused-ring (bicyclic) bond motifs is 1. The first-order chi connectivity index (χ1) is 29.0. The van der Waals surface area contributed by atoms with E-state index in [-0.39, 0.29) is 72.0 Å². The number of imide groups is 1. The summed E-state index contributed by atoms with van der Waals surface area (Å²) < 4.78 is 66.0. The van der Waals surface area contributed by atoms with Crippen molar-refractivity contribution in [1.82, 2.24) is 39.0 Å². The predicted octanol–water partition coefficient (Wildman–Crippen LogP) is 4.07. The van der Waals surface area contributed by atoms with Crippen molar-refractivity contribution < 1.29 is 36.3 Å². The van der Waals surface area contributed by atoms with Crippen molar-refractivity contribution in [1.29, 1.82) is 5.41 Å². The first kappa shape index (κ1) is 44.5. The van der Waals surface area contributed by atoms with Crippen molar-refractivity contribution in [2.24, 2.45) is 5.73 Å². The Hall–Kier alpha value is -6.06. The van der Waals surface area contributed by atoms with E-state index in [2.05, 4.69) is 30.6 Å². The fourth-order valence-electron chi connectivity index (χ4n) is 7.35. The maximum atomic E-state index is 15.5. The number of likely N-dealkylation sites (tertiary alicyclic amines) is 1.